The minimum absolute atomic E-state index is 0.0398. The molecule has 28 heavy (non-hydrogen) atoms. The van der Waals surface area contributed by atoms with Gasteiger partial charge in [0.25, 0.3) is 0 Å². The van der Waals surface area contributed by atoms with Gasteiger partial charge in [-0.15, -0.1) is 5.10 Å². The number of benzene rings is 2. The number of carbonyl (C=O) groups is 1. The topological polar surface area (TPSA) is 57.0 Å². The van der Waals surface area contributed by atoms with E-state index in [1.807, 2.05) is 24.3 Å². The van der Waals surface area contributed by atoms with Crippen LogP contribution in [-0.2, 0) is 28.7 Å². The third-order valence-electron chi connectivity index (χ3n) is 4.10. The summed E-state index contributed by atoms with van der Waals surface area (Å²) in [6, 6.07) is 12.5. The van der Waals surface area contributed by atoms with Gasteiger partial charge >= 0.3 is 12.1 Å². The molecule has 0 fully saturated rings. The molecule has 0 N–H and O–H groups in total. The molecule has 0 unspecified atom stereocenters. The zero-order valence-electron chi connectivity index (χ0n) is 15.1. The molecular weight excluding hydrogens is 371 g/mol. The lowest BCUT2D eigenvalue weighted by Gasteiger charge is -2.10. The minimum atomic E-state index is -4.35. The van der Waals surface area contributed by atoms with Crippen molar-refractivity contribution in [2.24, 2.45) is 0 Å². The number of esters is 1. The zero-order chi connectivity index (χ0) is 20.1. The molecule has 0 atom stereocenters. The third-order valence-corrected chi connectivity index (χ3v) is 4.10. The molecule has 1 aromatic heterocycles. The first-order valence-electron chi connectivity index (χ1n) is 8.67. The molecule has 0 aliphatic rings. The van der Waals surface area contributed by atoms with E-state index >= 15 is 0 Å². The second-order valence-corrected chi connectivity index (χ2v) is 6.13. The Kier molecular flexibility index (Phi) is 5.77. The van der Waals surface area contributed by atoms with Crippen LogP contribution in [0.5, 0.6) is 0 Å². The van der Waals surface area contributed by atoms with Crippen molar-refractivity contribution in [1.82, 2.24) is 15.0 Å². The molecule has 8 heteroatoms. The van der Waals surface area contributed by atoms with Gasteiger partial charge in [0, 0.05) is 5.56 Å². The van der Waals surface area contributed by atoms with Crippen LogP contribution in [0, 0.1) is 0 Å². The van der Waals surface area contributed by atoms with Crippen LogP contribution in [0.2, 0.25) is 0 Å². The van der Waals surface area contributed by atoms with Crippen LogP contribution in [0.4, 0.5) is 13.2 Å². The summed E-state index contributed by atoms with van der Waals surface area (Å²) in [7, 11) is 0. The molecule has 5 nitrogen and oxygen atoms in total. The first kappa shape index (κ1) is 19.6. The Labute approximate surface area is 159 Å². The van der Waals surface area contributed by atoms with Gasteiger partial charge < -0.3 is 4.74 Å². The maximum Gasteiger partial charge on any atom is 0.416 e. The Morgan fingerprint density at radius 1 is 1.11 bits per heavy atom. The highest BCUT2D eigenvalue weighted by molar-refractivity contribution is 5.69. The van der Waals surface area contributed by atoms with Crippen LogP contribution in [0.1, 0.15) is 23.6 Å². The fraction of sp³-hybridized carbons (Fsp3) is 0.250. The molecule has 146 valence electrons. The Balaban J connectivity index is 1.80. The van der Waals surface area contributed by atoms with Crippen molar-refractivity contribution < 1.29 is 22.7 Å². The van der Waals surface area contributed by atoms with E-state index in [0.29, 0.717) is 12.1 Å². The first-order valence-corrected chi connectivity index (χ1v) is 8.67. The van der Waals surface area contributed by atoms with Crippen LogP contribution in [0.15, 0.2) is 54.7 Å². The summed E-state index contributed by atoms with van der Waals surface area (Å²) in [5.41, 5.74) is 2.35. The highest BCUT2D eigenvalue weighted by Gasteiger charge is 2.29. The standard InChI is InChI=1S/C20H18F3N3O2/c1-2-28-19(27)13-26-12-18(24-25-26)17-6-4-3-5-15(17)11-14-7-9-16(10-8-14)20(21,22)23/h3-10,12H,2,11,13H2,1H3. The van der Waals surface area contributed by atoms with E-state index in [4.69, 9.17) is 4.74 Å². The van der Waals surface area contributed by atoms with E-state index in [1.165, 1.54) is 16.8 Å². The lowest BCUT2D eigenvalue weighted by molar-refractivity contribution is -0.144. The molecule has 2 aromatic carbocycles. The van der Waals surface area contributed by atoms with Crippen LogP contribution in [0.3, 0.4) is 0 Å². The van der Waals surface area contributed by atoms with Crippen molar-refractivity contribution in [3.8, 4) is 11.3 Å². The van der Waals surface area contributed by atoms with Crippen LogP contribution in [-0.4, -0.2) is 27.6 Å². The summed E-state index contributed by atoms with van der Waals surface area (Å²) in [5, 5.41) is 8.05. The van der Waals surface area contributed by atoms with Crippen molar-refractivity contribution in [3.05, 3.63) is 71.4 Å². The number of rotatable bonds is 6. The van der Waals surface area contributed by atoms with Gasteiger partial charge in [-0.05, 0) is 36.6 Å². The molecule has 3 rings (SSSR count). The molecule has 0 aliphatic carbocycles. The number of alkyl halides is 3. The molecular formula is C20H18F3N3O2. The van der Waals surface area contributed by atoms with E-state index < -0.39 is 17.7 Å². The van der Waals surface area contributed by atoms with Gasteiger partial charge in [0.15, 0.2) is 0 Å². The molecule has 0 saturated carbocycles. The highest BCUT2D eigenvalue weighted by atomic mass is 19.4. The summed E-state index contributed by atoms with van der Waals surface area (Å²) >= 11 is 0. The number of carbonyl (C=O) groups excluding carboxylic acids is 1. The maximum absolute atomic E-state index is 12.7. The fourth-order valence-electron chi connectivity index (χ4n) is 2.79. The summed E-state index contributed by atoms with van der Waals surface area (Å²) in [4.78, 5) is 11.6. The van der Waals surface area contributed by atoms with Crippen molar-refractivity contribution >= 4 is 5.97 Å². The first-order chi connectivity index (χ1) is 13.4. The van der Waals surface area contributed by atoms with Gasteiger partial charge in [0.05, 0.1) is 18.4 Å². The number of hydrogen-bond donors (Lipinski definition) is 0. The second-order valence-electron chi connectivity index (χ2n) is 6.13. The van der Waals surface area contributed by atoms with Crippen LogP contribution in [0.25, 0.3) is 11.3 Å². The smallest absolute Gasteiger partial charge is 0.416 e. The summed E-state index contributed by atoms with van der Waals surface area (Å²) in [5.74, 6) is -0.406. The van der Waals surface area contributed by atoms with Gasteiger partial charge in [-0.3, -0.25) is 4.79 Å². The summed E-state index contributed by atoms with van der Waals surface area (Å²) in [6.07, 6.45) is -2.27. The molecule has 0 saturated heterocycles. The lowest BCUT2D eigenvalue weighted by atomic mass is 9.97. The van der Waals surface area contributed by atoms with E-state index in [-0.39, 0.29) is 13.2 Å². The van der Waals surface area contributed by atoms with E-state index in [1.54, 1.807) is 13.1 Å². The van der Waals surface area contributed by atoms with Gasteiger partial charge in [-0.2, -0.15) is 13.2 Å². The normalized spacial score (nSPS) is 11.4. The number of aromatic nitrogens is 3. The third kappa shape index (κ3) is 4.76. The molecule has 0 amide bonds. The zero-order valence-corrected chi connectivity index (χ0v) is 15.1. The molecule has 0 aliphatic heterocycles. The van der Waals surface area contributed by atoms with E-state index in [2.05, 4.69) is 10.3 Å². The fourth-order valence-corrected chi connectivity index (χ4v) is 2.79. The summed E-state index contributed by atoms with van der Waals surface area (Å²) in [6.45, 7) is 1.97. The van der Waals surface area contributed by atoms with Crippen molar-refractivity contribution in [1.29, 1.82) is 0 Å². The van der Waals surface area contributed by atoms with Crippen LogP contribution < -0.4 is 0 Å². The van der Waals surface area contributed by atoms with E-state index in [0.717, 1.165) is 28.8 Å². The number of ether oxygens (including phenoxy) is 1. The minimum Gasteiger partial charge on any atom is -0.465 e. The molecule has 0 bridgehead atoms. The van der Waals surface area contributed by atoms with Gasteiger partial charge in [-0.25, -0.2) is 4.68 Å². The monoisotopic (exact) mass is 389 g/mol. The number of hydrogen-bond acceptors (Lipinski definition) is 4. The van der Waals surface area contributed by atoms with Crippen molar-refractivity contribution in [2.75, 3.05) is 6.61 Å². The van der Waals surface area contributed by atoms with Crippen molar-refractivity contribution in [2.45, 2.75) is 26.1 Å². The Bertz CT molecular complexity index is 950. The highest BCUT2D eigenvalue weighted by Crippen LogP contribution is 2.30. The SMILES string of the molecule is CCOC(=O)Cn1cc(-c2ccccc2Cc2ccc(C(F)(F)F)cc2)nn1. The Morgan fingerprint density at radius 2 is 1.82 bits per heavy atom. The molecule has 0 radical (unpaired) electrons. The summed E-state index contributed by atoms with van der Waals surface area (Å²) < 4.78 is 44.4. The van der Waals surface area contributed by atoms with E-state index in [9.17, 15) is 18.0 Å². The van der Waals surface area contributed by atoms with Gasteiger partial charge in [0.2, 0.25) is 0 Å². The van der Waals surface area contributed by atoms with Crippen LogP contribution >= 0.6 is 0 Å². The molecule has 1 heterocycles. The average molecular weight is 389 g/mol. The second kappa shape index (κ2) is 8.24. The Morgan fingerprint density at radius 3 is 2.50 bits per heavy atom. The maximum atomic E-state index is 12.7. The average Bonchev–Trinajstić information content (AvgIpc) is 3.10. The van der Waals surface area contributed by atoms with Gasteiger partial charge in [-0.1, -0.05) is 41.6 Å². The predicted octanol–water partition coefficient (Wildman–Crippen LogP) is 4.12. The quantitative estimate of drug-likeness (QED) is 0.595. The predicted molar refractivity (Wildman–Crippen MR) is 96.3 cm³/mol. The van der Waals surface area contributed by atoms with Gasteiger partial charge in [0.1, 0.15) is 12.2 Å². The molecule has 3 aromatic rings. The Hall–Kier alpha value is -3.16. The number of halogens is 3. The molecule has 0 spiro atoms. The largest absolute Gasteiger partial charge is 0.465 e. The lowest BCUT2D eigenvalue weighted by Crippen LogP contribution is -2.13. The number of nitrogens with zero attached hydrogens (tertiary/aromatic N) is 3. The van der Waals surface area contributed by atoms with Crippen molar-refractivity contribution in [3.63, 3.8) is 0 Å².